The van der Waals surface area contributed by atoms with E-state index in [0.717, 1.165) is 12.4 Å². The van der Waals surface area contributed by atoms with Gasteiger partial charge in [-0.2, -0.15) is 9.97 Å². The van der Waals surface area contributed by atoms with Crippen molar-refractivity contribution in [1.29, 1.82) is 0 Å². The molecule has 2 aliphatic rings. The first-order valence-electron chi connectivity index (χ1n) is 8.90. The number of piperazine rings is 1. The number of hydrogen-bond donors (Lipinski definition) is 2. The molecule has 1 aromatic rings. The molecule has 3 N–H and O–H groups in total. The molecular formula is C17H30N6O. The highest BCUT2D eigenvalue weighted by molar-refractivity contribution is 5.43. The summed E-state index contributed by atoms with van der Waals surface area (Å²) >= 11 is 0. The van der Waals surface area contributed by atoms with Crippen LogP contribution < -0.4 is 15.8 Å². The molecule has 2 heterocycles. The van der Waals surface area contributed by atoms with E-state index in [1.54, 1.807) is 0 Å². The number of nitrogens with two attached hydrogens (primary N) is 1. The SMILES string of the molecule is CC(C)Oc1cc(NCC2(CN3CCN(C)CC3)CC2)nc(N)n1. The number of nitrogens with one attached hydrogen (secondary N) is 1. The van der Waals surface area contributed by atoms with Gasteiger partial charge in [0.05, 0.1) is 6.10 Å². The number of hydrogen-bond acceptors (Lipinski definition) is 7. The fourth-order valence-corrected chi connectivity index (χ4v) is 3.16. The van der Waals surface area contributed by atoms with E-state index in [1.807, 2.05) is 19.9 Å². The van der Waals surface area contributed by atoms with Crippen LogP contribution in [0.25, 0.3) is 0 Å². The van der Waals surface area contributed by atoms with Crippen molar-refractivity contribution in [2.75, 3.05) is 57.4 Å². The molecule has 0 bridgehead atoms. The molecule has 134 valence electrons. The third-order valence-corrected chi connectivity index (χ3v) is 4.83. The lowest BCUT2D eigenvalue weighted by Gasteiger charge is -2.35. The van der Waals surface area contributed by atoms with Crippen LogP contribution in [0, 0.1) is 5.41 Å². The van der Waals surface area contributed by atoms with Crippen molar-refractivity contribution in [2.45, 2.75) is 32.8 Å². The number of aromatic nitrogens is 2. The molecule has 0 atom stereocenters. The minimum atomic E-state index is 0.0687. The maximum absolute atomic E-state index is 5.80. The lowest BCUT2D eigenvalue weighted by atomic mass is 10.1. The van der Waals surface area contributed by atoms with E-state index in [2.05, 4.69) is 32.1 Å². The van der Waals surface area contributed by atoms with Crippen molar-refractivity contribution in [2.24, 2.45) is 5.41 Å². The van der Waals surface area contributed by atoms with Gasteiger partial charge in [0.25, 0.3) is 0 Å². The minimum absolute atomic E-state index is 0.0687. The van der Waals surface area contributed by atoms with Crippen LogP contribution in [0.2, 0.25) is 0 Å². The second kappa shape index (κ2) is 7.11. The summed E-state index contributed by atoms with van der Waals surface area (Å²) in [4.78, 5) is 13.4. The van der Waals surface area contributed by atoms with Gasteiger partial charge >= 0.3 is 0 Å². The van der Waals surface area contributed by atoms with Gasteiger partial charge in [0.1, 0.15) is 5.82 Å². The standard InChI is InChI=1S/C17H30N6O/c1-13(2)24-15-10-14(20-16(18)21-15)19-11-17(4-5-17)12-23-8-6-22(3)7-9-23/h10,13H,4-9,11-12H2,1-3H3,(H3,18,19,20,21). The Hall–Kier alpha value is -1.60. The first kappa shape index (κ1) is 17.2. The highest BCUT2D eigenvalue weighted by atomic mass is 16.5. The van der Waals surface area contributed by atoms with Gasteiger partial charge in [0.15, 0.2) is 0 Å². The van der Waals surface area contributed by atoms with Crippen molar-refractivity contribution in [1.82, 2.24) is 19.8 Å². The van der Waals surface area contributed by atoms with E-state index in [0.29, 0.717) is 11.3 Å². The number of likely N-dealkylation sites (N-methyl/N-ethyl adjacent to an activating group) is 1. The molecule has 0 radical (unpaired) electrons. The van der Waals surface area contributed by atoms with E-state index in [4.69, 9.17) is 10.5 Å². The summed E-state index contributed by atoms with van der Waals surface area (Å²) in [5.74, 6) is 1.53. The molecule has 1 saturated carbocycles. The zero-order valence-corrected chi connectivity index (χ0v) is 15.1. The number of ether oxygens (including phenoxy) is 1. The molecule has 0 spiro atoms. The van der Waals surface area contributed by atoms with Crippen molar-refractivity contribution in [3.63, 3.8) is 0 Å². The quantitative estimate of drug-likeness (QED) is 0.777. The van der Waals surface area contributed by atoms with Gasteiger partial charge in [0.2, 0.25) is 11.8 Å². The molecule has 1 aromatic heterocycles. The molecule has 7 heteroatoms. The lowest BCUT2D eigenvalue weighted by molar-refractivity contribution is 0.133. The number of nitrogens with zero attached hydrogens (tertiary/aromatic N) is 4. The van der Waals surface area contributed by atoms with E-state index in [-0.39, 0.29) is 12.1 Å². The fourth-order valence-electron chi connectivity index (χ4n) is 3.16. The summed E-state index contributed by atoms with van der Waals surface area (Å²) in [5, 5.41) is 3.45. The first-order valence-corrected chi connectivity index (χ1v) is 8.90. The van der Waals surface area contributed by atoms with Crippen LogP contribution in [0.4, 0.5) is 11.8 Å². The molecule has 0 amide bonds. The van der Waals surface area contributed by atoms with Gasteiger partial charge < -0.3 is 25.6 Å². The van der Waals surface area contributed by atoms with Crippen LogP contribution in [0.1, 0.15) is 26.7 Å². The second-order valence-corrected chi connectivity index (χ2v) is 7.55. The average molecular weight is 334 g/mol. The zero-order chi connectivity index (χ0) is 17.2. The Morgan fingerprint density at radius 3 is 2.58 bits per heavy atom. The van der Waals surface area contributed by atoms with E-state index >= 15 is 0 Å². The molecule has 2 fully saturated rings. The molecule has 1 aliphatic carbocycles. The van der Waals surface area contributed by atoms with E-state index < -0.39 is 0 Å². The molecule has 3 rings (SSSR count). The lowest BCUT2D eigenvalue weighted by Crippen LogP contribution is -2.47. The summed E-state index contributed by atoms with van der Waals surface area (Å²) in [7, 11) is 2.20. The van der Waals surface area contributed by atoms with Crippen LogP contribution in [0.15, 0.2) is 6.07 Å². The summed E-state index contributed by atoms with van der Waals surface area (Å²) in [6, 6.07) is 1.84. The van der Waals surface area contributed by atoms with Gasteiger partial charge in [-0.1, -0.05) is 0 Å². The van der Waals surface area contributed by atoms with Gasteiger partial charge in [-0.05, 0) is 33.7 Å². The van der Waals surface area contributed by atoms with Crippen molar-refractivity contribution in [3.8, 4) is 5.88 Å². The Balaban J connectivity index is 1.54. The Labute approximate surface area is 144 Å². The molecule has 1 aliphatic heterocycles. The number of rotatable bonds is 7. The fraction of sp³-hybridized carbons (Fsp3) is 0.765. The summed E-state index contributed by atoms with van der Waals surface area (Å²) in [6.45, 7) is 10.7. The highest BCUT2D eigenvalue weighted by Gasteiger charge is 2.43. The van der Waals surface area contributed by atoms with Crippen molar-refractivity contribution in [3.05, 3.63) is 6.07 Å². The third kappa shape index (κ3) is 4.70. The number of nitrogen functional groups attached to an aromatic ring is 1. The highest BCUT2D eigenvalue weighted by Crippen LogP contribution is 2.46. The summed E-state index contributed by atoms with van der Waals surface area (Å²) < 4.78 is 5.63. The molecule has 0 unspecified atom stereocenters. The molecule has 0 aromatic carbocycles. The zero-order valence-electron chi connectivity index (χ0n) is 15.1. The van der Waals surface area contributed by atoms with Crippen LogP contribution >= 0.6 is 0 Å². The maximum atomic E-state index is 5.80. The van der Waals surface area contributed by atoms with Crippen LogP contribution in [0.5, 0.6) is 5.88 Å². The summed E-state index contributed by atoms with van der Waals surface area (Å²) in [5.41, 5.74) is 6.18. The van der Waals surface area contributed by atoms with Gasteiger partial charge in [-0.25, -0.2) is 0 Å². The predicted molar refractivity (Wildman–Crippen MR) is 96.3 cm³/mol. The Bertz CT molecular complexity index is 552. The summed E-state index contributed by atoms with van der Waals surface area (Å²) in [6.07, 6.45) is 2.63. The van der Waals surface area contributed by atoms with E-state index in [1.165, 1.54) is 45.6 Å². The first-order chi connectivity index (χ1) is 11.4. The Morgan fingerprint density at radius 2 is 1.96 bits per heavy atom. The third-order valence-electron chi connectivity index (χ3n) is 4.83. The van der Waals surface area contributed by atoms with Gasteiger partial charge in [-0.3, -0.25) is 0 Å². The van der Waals surface area contributed by atoms with Gasteiger partial charge in [-0.15, -0.1) is 0 Å². The normalized spacial score (nSPS) is 21.0. The maximum Gasteiger partial charge on any atom is 0.225 e. The minimum Gasteiger partial charge on any atom is -0.475 e. The predicted octanol–water partition coefficient (Wildman–Crippen LogP) is 1.29. The molecule has 7 nitrogen and oxygen atoms in total. The smallest absolute Gasteiger partial charge is 0.225 e. The molecule has 24 heavy (non-hydrogen) atoms. The Morgan fingerprint density at radius 1 is 1.25 bits per heavy atom. The van der Waals surface area contributed by atoms with E-state index in [9.17, 15) is 0 Å². The molecular weight excluding hydrogens is 304 g/mol. The Kier molecular flexibility index (Phi) is 5.10. The van der Waals surface area contributed by atoms with Crippen molar-refractivity contribution < 1.29 is 4.74 Å². The van der Waals surface area contributed by atoms with Crippen LogP contribution in [-0.2, 0) is 0 Å². The van der Waals surface area contributed by atoms with Crippen LogP contribution in [0.3, 0.4) is 0 Å². The monoisotopic (exact) mass is 334 g/mol. The van der Waals surface area contributed by atoms with Crippen molar-refractivity contribution >= 4 is 11.8 Å². The topological polar surface area (TPSA) is 79.5 Å². The average Bonchev–Trinajstić information content (AvgIpc) is 3.27. The number of anilines is 2. The second-order valence-electron chi connectivity index (χ2n) is 7.55. The van der Waals surface area contributed by atoms with Crippen LogP contribution in [-0.4, -0.2) is 72.2 Å². The largest absolute Gasteiger partial charge is 0.475 e. The molecule has 1 saturated heterocycles. The van der Waals surface area contributed by atoms with Gasteiger partial charge in [0, 0.05) is 50.7 Å².